The Labute approximate surface area is 117 Å². The molecule has 19 heavy (non-hydrogen) atoms. The van der Waals surface area contributed by atoms with E-state index in [4.69, 9.17) is 5.73 Å². The first-order valence-electron chi connectivity index (χ1n) is 7.98. The van der Waals surface area contributed by atoms with Gasteiger partial charge in [-0.3, -0.25) is 9.69 Å². The highest BCUT2D eigenvalue weighted by Crippen LogP contribution is 2.36. The van der Waals surface area contributed by atoms with Gasteiger partial charge in [-0.15, -0.1) is 0 Å². The first kappa shape index (κ1) is 14.8. The minimum Gasteiger partial charge on any atom is -0.356 e. The van der Waals surface area contributed by atoms with Gasteiger partial charge in [0, 0.05) is 31.6 Å². The van der Waals surface area contributed by atoms with Gasteiger partial charge in [-0.05, 0) is 45.1 Å². The van der Waals surface area contributed by atoms with Crippen molar-refractivity contribution < 1.29 is 4.79 Å². The third kappa shape index (κ3) is 3.69. The van der Waals surface area contributed by atoms with Crippen LogP contribution in [0.25, 0.3) is 0 Å². The van der Waals surface area contributed by atoms with Crippen LogP contribution in [-0.2, 0) is 4.79 Å². The molecule has 4 nitrogen and oxygen atoms in total. The minimum atomic E-state index is 0.149. The zero-order chi connectivity index (χ0) is 13.7. The summed E-state index contributed by atoms with van der Waals surface area (Å²) in [5, 5.41) is 2.90. The molecule has 0 bridgehead atoms. The number of piperidine rings is 1. The van der Waals surface area contributed by atoms with E-state index in [1.807, 2.05) is 6.92 Å². The van der Waals surface area contributed by atoms with Crippen LogP contribution in [0.15, 0.2) is 0 Å². The lowest BCUT2D eigenvalue weighted by molar-refractivity contribution is -0.122. The van der Waals surface area contributed by atoms with Gasteiger partial charge in [0.2, 0.25) is 5.91 Å². The number of nitrogens with zero attached hydrogens (tertiary/aromatic N) is 1. The molecule has 1 aliphatic carbocycles. The molecule has 1 aliphatic heterocycles. The number of nitrogens with one attached hydrogen (secondary N) is 1. The van der Waals surface area contributed by atoms with Crippen LogP contribution in [0.4, 0.5) is 0 Å². The number of hydrogen-bond donors (Lipinski definition) is 2. The van der Waals surface area contributed by atoms with Crippen molar-refractivity contribution in [3.8, 4) is 0 Å². The fraction of sp³-hybridized carbons (Fsp3) is 0.933. The van der Waals surface area contributed by atoms with Gasteiger partial charge in [-0.2, -0.15) is 0 Å². The van der Waals surface area contributed by atoms with Crippen molar-refractivity contribution in [3.05, 3.63) is 0 Å². The maximum absolute atomic E-state index is 11.8. The molecule has 4 heteroatoms. The Balaban J connectivity index is 1.97. The van der Waals surface area contributed by atoms with Gasteiger partial charge in [0.05, 0.1) is 0 Å². The number of nitrogens with two attached hydrogens (primary N) is 1. The van der Waals surface area contributed by atoms with Gasteiger partial charge in [0.25, 0.3) is 0 Å². The highest BCUT2D eigenvalue weighted by atomic mass is 16.1. The summed E-state index contributed by atoms with van der Waals surface area (Å²) in [6, 6.07) is 0.919. The number of rotatable bonds is 5. The maximum Gasteiger partial charge on any atom is 0.221 e. The van der Waals surface area contributed by atoms with Gasteiger partial charge < -0.3 is 11.1 Å². The monoisotopic (exact) mass is 267 g/mol. The SMILES string of the molecule is CCNC(=O)CC(CN)N1CCC[C@H]2CCCC[C@H]21. The lowest BCUT2D eigenvalue weighted by Gasteiger charge is -2.47. The number of amides is 1. The number of fused-ring (bicyclic) bond motifs is 1. The first-order valence-corrected chi connectivity index (χ1v) is 7.98. The molecular weight excluding hydrogens is 238 g/mol. The van der Waals surface area contributed by atoms with E-state index in [1.54, 1.807) is 0 Å². The third-order valence-electron chi connectivity index (χ3n) is 4.82. The summed E-state index contributed by atoms with van der Waals surface area (Å²) < 4.78 is 0. The molecule has 1 saturated carbocycles. The second kappa shape index (κ2) is 7.25. The van der Waals surface area contributed by atoms with Gasteiger partial charge in [-0.1, -0.05) is 12.8 Å². The Morgan fingerprint density at radius 1 is 1.32 bits per heavy atom. The summed E-state index contributed by atoms with van der Waals surface area (Å²) in [6.45, 7) is 4.40. The van der Waals surface area contributed by atoms with Gasteiger partial charge >= 0.3 is 0 Å². The molecule has 0 spiro atoms. The molecule has 0 aromatic carbocycles. The molecule has 2 rings (SSSR count). The van der Waals surface area contributed by atoms with Crippen molar-refractivity contribution in [3.63, 3.8) is 0 Å². The van der Waals surface area contributed by atoms with Crippen LogP contribution in [0.3, 0.4) is 0 Å². The van der Waals surface area contributed by atoms with Crippen molar-refractivity contribution in [1.82, 2.24) is 10.2 Å². The molecule has 1 unspecified atom stereocenters. The summed E-state index contributed by atoms with van der Waals surface area (Å²) >= 11 is 0. The summed E-state index contributed by atoms with van der Waals surface area (Å²) in [7, 11) is 0. The average molecular weight is 267 g/mol. The molecule has 0 aromatic rings. The van der Waals surface area contributed by atoms with Crippen molar-refractivity contribution in [1.29, 1.82) is 0 Å². The van der Waals surface area contributed by atoms with Crippen molar-refractivity contribution in [2.24, 2.45) is 11.7 Å². The Bertz CT molecular complexity index is 293. The van der Waals surface area contributed by atoms with E-state index in [9.17, 15) is 4.79 Å². The van der Waals surface area contributed by atoms with Crippen LogP contribution in [0.2, 0.25) is 0 Å². The van der Waals surface area contributed by atoms with Crippen LogP contribution >= 0.6 is 0 Å². The fourth-order valence-electron chi connectivity index (χ4n) is 3.94. The summed E-state index contributed by atoms with van der Waals surface area (Å²) in [6.07, 6.45) is 8.62. The minimum absolute atomic E-state index is 0.149. The zero-order valence-electron chi connectivity index (χ0n) is 12.2. The van der Waals surface area contributed by atoms with Crippen molar-refractivity contribution in [2.75, 3.05) is 19.6 Å². The van der Waals surface area contributed by atoms with Crippen LogP contribution < -0.4 is 11.1 Å². The topological polar surface area (TPSA) is 58.4 Å². The van der Waals surface area contributed by atoms with E-state index in [-0.39, 0.29) is 11.9 Å². The standard InChI is InChI=1S/C15H29N3O/c1-2-17-15(19)10-13(11-16)18-9-5-7-12-6-3-4-8-14(12)18/h12-14H,2-11,16H2,1H3,(H,17,19)/t12-,13?,14-/m1/s1. The lowest BCUT2D eigenvalue weighted by Crippen LogP contribution is -2.54. The number of likely N-dealkylation sites (tertiary alicyclic amines) is 1. The number of carbonyl (C=O) groups is 1. The summed E-state index contributed by atoms with van der Waals surface area (Å²) in [5.74, 6) is 1.00. The highest BCUT2D eigenvalue weighted by molar-refractivity contribution is 5.76. The Kier molecular flexibility index (Phi) is 5.64. The van der Waals surface area contributed by atoms with Gasteiger partial charge in [-0.25, -0.2) is 0 Å². The van der Waals surface area contributed by atoms with E-state index < -0.39 is 0 Å². The quantitative estimate of drug-likeness (QED) is 0.793. The largest absolute Gasteiger partial charge is 0.356 e. The second-order valence-corrected chi connectivity index (χ2v) is 6.04. The normalized spacial score (nSPS) is 29.6. The van der Waals surface area contributed by atoms with E-state index in [0.717, 1.165) is 12.5 Å². The number of carbonyl (C=O) groups excluding carboxylic acids is 1. The van der Waals surface area contributed by atoms with Crippen LogP contribution in [-0.4, -0.2) is 42.5 Å². The third-order valence-corrected chi connectivity index (χ3v) is 4.82. The predicted octanol–water partition coefficient (Wildman–Crippen LogP) is 1.49. The maximum atomic E-state index is 11.8. The predicted molar refractivity (Wildman–Crippen MR) is 77.8 cm³/mol. The Hall–Kier alpha value is -0.610. The van der Waals surface area contributed by atoms with Gasteiger partial charge in [0.1, 0.15) is 0 Å². The molecule has 0 radical (unpaired) electrons. The Morgan fingerprint density at radius 3 is 2.79 bits per heavy atom. The second-order valence-electron chi connectivity index (χ2n) is 6.04. The molecule has 1 amide bonds. The first-order chi connectivity index (χ1) is 9.26. The summed E-state index contributed by atoms with van der Waals surface area (Å²) in [5.41, 5.74) is 5.95. The molecule has 3 atom stereocenters. The van der Waals surface area contributed by atoms with Gasteiger partial charge in [0.15, 0.2) is 0 Å². The lowest BCUT2D eigenvalue weighted by atomic mass is 9.77. The molecule has 3 N–H and O–H groups in total. The molecule has 2 aliphatic rings. The Morgan fingerprint density at radius 2 is 2.05 bits per heavy atom. The molecule has 2 fully saturated rings. The zero-order valence-corrected chi connectivity index (χ0v) is 12.2. The molecular formula is C15H29N3O. The van der Waals surface area contributed by atoms with E-state index in [2.05, 4.69) is 10.2 Å². The van der Waals surface area contributed by atoms with Crippen molar-refractivity contribution >= 4 is 5.91 Å². The highest BCUT2D eigenvalue weighted by Gasteiger charge is 2.36. The number of hydrogen-bond acceptors (Lipinski definition) is 3. The molecule has 1 heterocycles. The van der Waals surface area contributed by atoms with E-state index >= 15 is 0 Å². The molecule has 1 saturated heterocycles. The van der Waals surface area contributed by atoms with E-state index in [1.165, 1.54) is 38.5 Å². The average Bonchev–Trinajstić information content (AvgIpc) is 2.44. The molecule has 110 valence electrons. The fourth-order valence-corrected chi connectivity index (χ4v) is 3.94. The smallest absolute Gasteiger partial charge is 0.221 e. The van der Waals surface area contributed by atoms with Crippen LogP contribution in [0.5, 0.6) is 0 Å². The van der Waals surface area contributed by atoms with Crippen LogP contribution in [0, 0.1) is 5.92 Å². The van der Waals surface area contributed by atoms with Crippen molar-refractivity contribution in [2.45, 2.75) is 64.0 Å². The molecule has 0 aromatic heterocycles. The van der Waals surface area contributed by atoms with E-state index in [0.29, 0.717) is 25.6 Å². The summed E-state index contributed by atoms with van der Waals surface area (Å²) in [4.78, 5) is 14.4. The van der Waals surface area contributed by atoms with Crippen LogP contribution in [0.1, 0.15) is 51.9 Å².